The van der Waals surface area contributed by atoms with Gasteiger partial charge in [-0.1, -0.05) is 5.16 Å². The Morgan fingerprint density at radius 3 is 2.79 bits per heavy atom. The zero-order valence-corrected chi connectivity index (χ0v) is 21.4. The standard InChI is InChI=1S/C27H27FN4O7/c1-15-7-20(31-39-15)27(35)32-6-5-22-21(13-32)30-25(33)14-37-24-10-17(3-4-23(24)36-2)26(34)29-12-16-8-18(28)11-19(9-16)38-22/h3-4,7-11,21-22H,5-6,12-14H2,1-2H3,(H,29,34)(H,30,33)/t21-,22+/m1/s1. The Bertz CT molecular complexity index is 1410. The van der Waals surface area contributed by atoms with Crippen molar-refractivity contribution in [1.82, 2.24) is 20.7 Å². The highest BCUT2D eigenvalue weighted by atomic mass is 19.1. The monoisotopic (exact) mass is 538 g/mol. The summed E-state index contributed by atoms with van der Waals surface area (Å²) in [6.07, 6.45) is -0.223. The number of hydrogen-bond donors (Lipinski definition) is 2. The van der Waals surface area contributed by atoms with E-state index in [2.05, 4.69) is 15.8 Å². The Kier molecular flexibility index (Phi) is 7.35. The lowest BCUT2D eigenvalue weighted by Gasteiger charge is -2.38. The van der Waals surface area contributed by atoms with E-state index in [1.165, 1.54) is 25.3 Å². The molecule has 11 nitrogen and oxygen atoms in total. The van der Waals surface area contributed by atoms with Gasteiger partial charge in [-0.05, 0) is 42.8 Å². The van der Waals surface area contributed by atoms with Gasteiger partial charge in [0, 0.05) is 43.8 Å². The smallest absolute Gasteiger partial charge is 0.276 e. The second-order valence-electron chi connectivity index (χ2n) is 9.33. The molecular formula is C27H27FN4O7. The van der Waals surface area contributed by atoms with Crippen LogP contribution in [0.3, 0.4) is 0 Å². The van der Waals surface area contributed by atoms with Crippen molar-refractivity contribution in [2.45, 2.75) is 32.0 Å². The first-order valence-electron chi connectivity index (χ1n) is 12.4. The molecule has 2 aliphatic heterocycles. The third-order valence-corrected chi connectivity index (χ3v) is 6.49. The second kappa shape index (κ2) is 11.0. The van der Waals surface area contributed by atoms with Gasteiger partial charge in [-0.2, -0.15) is 0 Å². The molecule has 1 aromatic heterocycles. The first-order chi connectivity index (χ1) is 18.8. The fourth-order valence-electron chi connectivity index (χ4n) is 4.60. The average molecular weight is 539 g/mol. The van der Waals surface area contributed by atoms with Crippen molar-refractivity contribution in [2.24, 2.45) is 0 Å². The van der Waals surface area contributed by atoms with E-state index in [4.69, 9.17) is 18.7 Å². The molecule has 2 aromatic carbocycles. The maximum Gasteiger partial charge on any atom is 0.276 e. The summed E-state index contributed by atoms with van der Waals surface area (Å²) >= 11 is 0. The van der Waals surface area contributed by atoms with Crippen LogP contribution in [0.1, 0.15) is 38.6 Å². The summed E-state index contributed by atoms with van der Waals surface area (Å²) in [4.78, 5) is 40.3. The predicted octanol–water partition coefficient (Wildman–Crippen LogP) is 2.23. The van der Waals surface area contributed by atoms with Gasteiger partial charge in [0.05, 0.1) is 13.2 Å². The molecule has 3 aromatic rings. The van der Waals surface area contributed by atoms with Crippen molar-refractivity contribution in [2.75, 3.05) is 26.8 Å². The fourth-order valence-corrected chi connectivity index (χ4v) is 4.60. The summed E-state index contributed by atoms with van der Waals surface area (Å²) in [7, 11) is 1.45. The summed E-state index contributed by atoms with van der Waals surface area (Å²) in [6.45, 7) is 1.80. The summed E-state index contributed by atoms with van der Waals surface area (Å²) in [5.41, 5.74) is 0.930. The van der Waals surface area contributed by atoms with Crippen LogP contribution in [-0.4, -0.2) is 66.7 Å². The van der Waals surface area contributed by atoms with E-state index in [0.717, 1.165) is 0 Å². The van der Waals surface area contributed by atoms with Gasteiger partial charge in [0.15, 0.2) is 23.8 Å². The van der Waals surface area contributed by atoms with E-state index in [9.17, 15) is 18.8 Å². The lowest BCUT2D eigenvalue weighted by atomic mass is 10.0. The number of fused-ring (bicyclic) bond motifs is 5. The number of amides is 3. The molecule has 3 heterocycles. The largest absolute Gasteiger partial charge is 0.493 e. The van der Waals surface area contributed by atoms with Crippen LogP contribution in [0.15, 0.2) is 47.0 Å². The van der Waals surface area contributed by atoms with E-state index in [-0.39, 0.29) is 48.4 Å². The minimum absolute atomic E-state index is 0.0550. The van der Waals surface area contributed by atoms with Gasteiger partial charge in [0.25, 0.3) is 17.7 Å². The normalized spacial score (nSPS) is 19.6. The molecule has 0 spiro atoms. The summed E-state index contributed by atoms with van der Waals surface area (Å²) in [6, 6.07) is 9.67. The molecule has 12 heteroatoms. The maximum absolute atomic E-state index is 14.5. The number of aromatic nitrogens is 1. The van der Waals surface area contributed by atoms with Gasteiger partial charge >= 0.3 is 0 Å². The van der Waals surface area contributed by atoms with Crippen molar-refractivity contribution < 1.29 is 37.5 Å². The molecule has 0 aliphatic carbocycles. The minimum atomic E-state index is -0.639. The number of piperidine rings is 1. The number of hydrogen-bond acceptors (Lipinski definition) is 8. The van der Waals surface area contributed by atoms with Crippen LogP contribution in [0.25, 0.3) is 0 Å². The van der Waals surface area contributed by atoms with Gasteiger partial charge in [0.2, 0.25) is 0 Å². The number of carbonyl (C=O) groups excluding carboxylic acids is 3. The van der Waals surface area contributed by atoms with Crippen molar-refractivity contribution in [3.63, 3.8) is 0 Å². The Balaban J connectivity index is 1.44. The summed E-state index contributed by atoms with van der Waals surface area (Å²) < 4.78 is 36.6. The van der Waals surface area contributed by atoms with E-state index in [1.807, 2.05) is 0 Å². The number of nitrogens with zero attached hydrogens (tertiary/aromatic N) is 2. The number of halogens is 1. The lowest BCUT2D eigenvalue weighted by Crippen LogP contribution is -2.58. The number of likely N-dealkylation sites (tertiary alicyclic amines) is 1. The molecule has 5 rings (SSSR count). The topological polar surface area (TPSA) is 132 Å². The Hall–Kier alpha value is -4.61. The van der Waals surface area contributed by atoms with Crippen LogP contribution in [0, 0.1) is 12.7 Å². The van der Waals surface area contributed by atoms with Gasteiger partial charge in [-0.25, -0.2) is 4.39 Å². The molecule has 0 radical (unpaired) electrons. The Morgan fingerprint density at radius 2 is 2.03 bits per heavy atom. The molecule has 0 unspecified atom stereocenters. The van der Waals surface area contributed by atoms with Gasteiger partial charge in [-0.15, -0.1) is 0 Å². The summed E-state index contributed by atoms with van der Waals surface area (Å²) in [5.74, 6) is -0.478. The van der Waals surface area contributed by atoms with Crippen LogP contribution < -0.4 is 24.8 Å². The highest BCUT2D eigenvalue weighted by molar-refractivity contribution is 5.95. The molecule has 2 aliphatic rings. The van der Waals surface area contributed by atoms with Crippen LogP contribution in [0.4, 0.5) is 4.39 Å². The Morgan fingerprint density at radius 1 is 1.18 bits per heavy atom. The van der Waals surface area contributed by atoms with Gasteiger partial charge in [0.1, 0.15) is 23.4 Å². The lowest BCUT2D eigenvalue weighted by molar-refractivity contribution is -0.125. The highest BCUT2D eigenvalue weighted by Gasteiger charge is 2.35. The highest BCUT2D eigenvalue weighted by Crippen LogP contribution is 2.29. The third-order valence-electron chi connectivity index (χ3n) is 6.49. The minimum Gasteiger partial charge on any atom is -0.493 e. The van der Waals surface area contributed by atoms with Gasteiger partial charge in [-0.3, -0.25) is 14.4 Å². The number of aryl methyl sites for hydroxylation is 1. The number of rotatable bonds is 2. The van der Waals surface area contributed by atoms with Crippen molar-refractivity contribution >= 4 is 17.7 Å². The number of ether oxygens (including phenoxy) is 3. The van der Waals surface area contributed by atoms with Gasteiger partial charge < -0.3 is 34.3 Å². The number of carbonyl (C=O) groups is 3. The number of benzene rings is 2. The molecule has 0 saturated carbocycles. The maximum atomic E-state index is 14.5. The SMILES string of the molecule is COc1ccc2cc1OCC(=O)N[C@@H]1CN(C(=O)c3cc(C)on3)CC[C@@H]1Oc1cc(F)cc(c1)CNC2=O. The molecular weight excluding hydrogens is 511 g/mol. The average Bonchev–Trinajstić information content (AvgIpc) is 3.36. The first kappa shape index (κ1) is 26.0. The Labute approximate surface area is 223 Å². The number of methoxy groups -OCH3 is 1. The van der Waals surface area contributed by atoms with E-state index in [1.54, 1.807) is 36.1 Å². The fraction of sp³-hybridized carbons (Fsp3) is 0.333. The summed E-state index contributed by atoms with van der Waals surface area (Å²) in [5, 5.41) is 9.43. The van der Waals surface area contributed by atoms with Crippen LogP contribution in [0.2, 0.25) is 0 Å². The van der Waals surface area contributed by atoms with E-state index >= 15 is 0 Å². The second-order valence-corrected chi connectivity index (χ2v) is 9.33. The zero-order valence-electron chi connectivity index (χ0n) is 21.4. The molecule has 204 valence electrons. The van der Waals surface area contributed by atoms with Crippen LogP contribution in [-0.2, 0) is 11.3 Å². The van der Waals surface area contributed by atoms with E-state index in [0.29, 0.717) is 30.0 Å². The number of nitrogens with one attached hydrogen (secondary N) is 2. The first-order valence-corrected chi connectivity index (χ1v) is 12.4. The zero-order chi connectivity index (χ0) is 27.5. The van der Waals surface area contributed by atoms with Crippen LogP contribution in [0.5, 0.6) is 17.2 Å². The van der Waals surface area contributed by atoms with Crippen molar-refractivity contribution in [1.29, 1.82) is 0 Å². The van der Waals surface area contributed by atoms with Crippen molar-refractivity contribution in [3.05, 3.63) is 70.9 Å². The molecule has 2 atom stereocenters. The predicted molar refractivity (Wildman–Crippen MR) is 134 cm³/mol. The molecule has 4 bridgehead atoms. The quantitative estimate of drug-likeness (QED) is 0.508. The molecule has 2 N–H and O–H groups in total. The third kappa shape index (κ3) is 5.95. The molecule has 1 saturated heterocycles. The van der Waals surface area contributed by atoms with E-state index < -0.39 is 29.8 Å². The molecule has 1 fully saturated rings. The molecule has 39 heavy (non-hydrogen) atoms. The van der Waals surface area contributed by atoms with Crippen molar-refractivity contribution in [3.8, 4) is 17.2 Å². The molecule has 3 amide bonds. The van der Waals surface area contributed by atoms with Crippen LogP contribution >= 0.6 is 0 Å².